The highest BCUT2D eigenvalue weighted by Crippen LogP contribution is 2.22. The number of anilines is 1. The van der Waals surface area contributed by atoms with Crippen LogP contribution < -0.4 is 10.5 Å². The van der Waals surface area contributed by atoms with Gasteiger partial charge in [0.2, 0.25) is 10.0 Å². The van der Waals surface area contributed by atoms with Gasteiger partial charge in [-0.2, -0.15) is 0 Å². The number of ether oxygens (including phenoxy) is 1. The lowest BCUT2D eigenvalue weighted by Crippen LogP contribution is -2.21. The number of primary sulfonamides is 1. The van der Waals surface area contributed by atoms with E-state index < -0.39 is 28.5 Å². The van der Waals surface area contributed by atoms with E-state index in [9.17, 15) is 18.0 Å². The van der Waals surface area contributed by atoms with Crippen LogP contribution in [0.4, 0.5) is 5.69 Å². The highest BCUT2D eigenvalue weighted by atomic mass is 35.5. The lowest BCUT2D eigenvalue weighted by atomic mass is 10.3. The number of amides is 1. The van der Waals surface area contributed by atoms with E-state index in [0.29, 0.717) is 4.34 Å². The number of nitrogens with two attached hydrogens (primary N) is 1. The molecule has 0 aliphatic rings. The Kier molecular flexibility index (Phi) is 5.37. The van der Waals surface area contributed by atoms with Crippen molar-refractivity contribution in [2.75, 3.05) is 11.9 Å². The Balaban J connectivity index is 1.94. The predicted octanol–water partition coefficient (Wildman–Crippen LogP) is 1.84. The molecule has 122 valence electrons. The van der Waals surface area contributed by atoms with Crippen molar-refractivity contribution < 1.29 is 22.7 Å². The van der Waals surface area contributed by atoms with E-state index in [0.717, 1.165) is 11.3 Å². The van der Waals surface area contributed by atoms with E-state index in [1.54, 1.807) is 6.07 Å². The number of halogens is 1. The third-order valence-corrected chi connectivity index (χ3v) is 4.68. The molecule has 23 heavy (non-hydrogen) atoms. The van der Waals surface area contributed by atoms with Crippen molar-refractivity contribution >= 4 is 50.5 Å². The van der Waals surface area contributed by atoms with Crippen molar-refractivity contribution in [1.29, 1.82) is 0 Å². The van der Waals surface area contributed by atoms with Crippen LogP contribution in [0.1, 0.15) is 9.67 Å². The fourth-order valence-electron chi connectivity index (χ4n) is 1.57. The summed E-state index contributed by atoms with van der Waals surface area (Å²) < 4.78 is 27.7. The maximum atomic E-state index is 11.7. The Morgan fingerprint density at radius 2 is 2.00 bits per heavy atom. The molecule has 1 aromatic carbocycles. The molecule has 3 N–H and O–H groups in total. The van der Waals surface area contributed by atoms with Crippen LogP contribution in [-0.4, -0.2) is 26.9 Å². The number of carbonyl (C=O) groups excluding carboxylic acids is 2. The van der Waals surface area contributed by atoms with Gasteiger partial charge < -0.3 is 10.1 Å². The average Bonchev–Trinajstić information content (AvgIpc) is 2.91. The number of nitrogens with one attached hydrogen (secondary N) is 1. The van der Waals surface area contributed by atoms with E-state index >= 15 is 0 Å². The number of sulfonamides is 1. The van der Waals surface area contributed by atoms with Crippen molar-refractivity contribution in [3.05, 3.63) is 45.6 Å². The third kappa shape index (κ3) is 5.03. The Morgan fingerprint density at radius 1 is 1.26 bits per heavy atom. The standard InChI is InChI=1S/C13H11ClN2O5S2/c14-11-5-4-10(22-11)13(18)21-7-12(17)16-8-2-1-3-9(6-8)23(15,19)20/h1-6H,7H2,(H,16,17)(H2,15,19,20). The van der Waals surface area contributed by atoms with Gasteiger partial charge in [0.05, 0.1) is 9.23 Å². The maximum Gasteiger partial charge on any atom is 0.348 e. The van der Waals surface area contributed by atoms with Gasteiger partial charge >= 0.3 is 5.97 Å². The largest absolute Gasteiger partial charge is 0.451 e. The molecule has 1 aromatic heterocycles. The molecular weight excluding hydrogens is 364 g/mol. The van der Waals surface area contributed by atoms with Crippen LogP contribution in [0, 0.1) is 0 Å². The van der Waals surface area contributed by atoms with Gasteiger partial charge in [-0.1, -0.05) is 17.7 Å². The van der Waals surface area contributed by atoms with E-state index in [4.69, 9.17) is 21.5 Å². The Labute approximate surface area is 141 Å². The fraction of sp³-hybridized carbons (Fsp3) is 0.0769. The van der Waals surface area contributed by atoms with Gasteiger partial charge in [-0.3, -0.25) is 4.79 Å². The molecule has 0 saturated carbocycles. The van der Waals surface area contributed by atoms with Gasteiger partial charge in [-0.15, -0.1) is 11.3 Å². The van der Waals surface area contributed by atoms with E-state index in [1.165, 1.54) is 30.3 Å². The first kappa shape index (κ1) is 17.4. The van der Waals surface area contributed by atoms with Crippen LogP contribution in [0.25, 0.3) is 0 Å². The van der Waals surface area contributed by atoms with Crippen LogP contribution >= 0.6 is 22.9 Å². The Hall–Kier alpha value is -1.94. The topological polar surface area (TPSA) is 116 Å². The average molecular weight is 375 g/mol. The lowest BCUT2D eigenvalue weighted by Gasteiger charge is -2.07. The summed E-state index contributed by atoms with van der Waals surface area (Å²) in [6.45, 7) is -0.520. The van der Waals surface area contributed by atoms with Crippen molar-refractivity contribution in [3.63, 3.8) is 0 Å². The van der Waals surface area contributed by atoms with E-state index in [-0.39, 0.29) is 15.5 Å². The highest BCUT2D eigenvalue weighted by Gasteiger charge is 2.13. The zero-order valence-electron chi connectivity index (χ0n) is 11.5. The number of benzene rings is 1. The molecule has 2 aromatic rings. The molecule has 0 unspecified atom stereocenters. The smallest absolute Gasteiger partial charge is 0.348 e. The quantitative estimate of drug-likeness (QED) is 0.775. The number of thiophene rings is 1. The lowest BCUT2D eigenvalue weighted by molar-refractivity contribution is -0.119. The number of hydrogen-bond donors (Lipinski definition) is 2. The van der Waals surface area contributed by atoms with Crippen molar-refractivity contribution in [1.82, 2.24) is 0 Å². The summed E-state index contributed by atoms with van der Waals surface area (Å²) in [5.41, 5.74) is 0.219. The molecule has 0 saturated heterocycles. The second kappa shape index (κ2) is 7.09. The van der Waals surface area contributed by atoms with Gasteiger partial charge in [0, 0.05) is 5.69 Å². The molecule has 0 spiro atoms. The SMILES string of the molecule is NS(=O)(=O)c1cccc(NC(=O)COC(=O)c2ccc(Cl)s2)c1. The molecule has 0 radical (unpaired) electrons. The van der Waals surface area contributed by atoms with Crippen molar-refractivity contribution in [3.8, 4) is 0 Å². The molecule has 0 atom stereocenters. The molecule has 1 heterocycles. The molecule has 0 aliphatic heterocycles. The summed E-state index contributed by atoms with van der Waals surface area (Å²) in [4.78, 5) is 23.5. The predicted molar refractivity (Wildman–Crippen MR) is 86.1 cm³/mol. The van der Waals surface area contributed by atoms with Gasteiger partial charge in [-0.05, 0) is 30.3 Å². The number of hydrogen-bond acceptors (Lipinski definition) is 6. The Bertz CT molecular complexity index is 848. The molecule has 2 rings (SSSR count). The normalized spacial score (nSPS) is 11.0. The molecule has 1 amide bonds. The molecule has 0 bridgehead atoms. The number of rotatable bonds is 5. The zero-order valence-corrected chi connectivity index (χ0v) is 13.9. The highest BCUT2D eigenvalue weighted by molar-refractivity contribution is 7.89. The minimum atomic E-state index is -3.87. The molecule has 0 fully saturated rings. The zero-order chi connectivity index (χ0) is 17.0. The van der Waals surface area contributed by atoms with Crippen LogP contribution in [0.5, 0.6) is 0 Å². The first-order valence-corrected chi connectivity index (χ1v) is 8.85. The van der Waals surface area contributed by atoms with Gasteiger partial charge in [-0.25, -0.2) is 18.4 Å². The third-order valence-electron chi connectivity index (χ3n) is 2.56. The van der Waals surface area contributed by atoms with E-state index in [1.807, 2.05) is 0 Å². The monoisotopic (exact) mass is 374 g/mol. The van der Waals surface area contributed by atoms with Gasteiger partial charge in [0.15, 0.2) is 6.61 Å². The van der Waals surface area contributed by atoms with E-state index in [2.05, 4.69) is 5.32 Å². The van der Waals surface area contributed by atoms with Crippen molar-refractivity contribution in [2.24, 2.45) is 5.14 Å². The first-order valence-electron chi connectivity index (χ1n) is 6.11. The maximum absolute atomic E-state index is 11.7. The summed E-state index contributed by atoms with van der Waals surface area (Å²) in [5.74, 6) is -1.29. The van der Waals surface area contributed by atoms with Crippen LogP contribution in [0.2, 0.25) is 4.34 Å². The number of carbonyl (C=O) groups is 2. The fourth-order valence-corrected chi connectivity index (χ4v) is 3.07. The summed E-state index contributed by atoms with van der Waals surface area (Å²) >= 11 is 6.73. The van der Waals surface area contributed by atoms with Crippen LogP contribution in [0.3, 0.4) is 0 Å². The second-order valence-electron chi connectivity index (χ2n) is 4.30. The first-order chi connectivity index (χ1) is 10.8. The summed E-state index contributed by atoms with van der Waals surface area (Å²) in [6, 6.07) is 8.44. The molecule has 0 aliphatic carbocycles. The molecule has 7 nitrogen and oxygen atoms in total. The van der Waals surface area contributed by atoms with Gasteiger partial charge in [0.1, 0.15) is 4.88 Å². The number of esters is 1. The van der Waals surface area contributed by atoms with Crippen molar-refractivity contribution in [2.45, 2.75) is 4.90 Å². The van der Waals surface area contributed by atoms with Crippen LogP contribution in [0.15, 0.2) is 41.3 Å². The summed E-state index contributed by atoms with van der Waals surface area (Å²) in [7, 11) is -3.87. The summed E-state index contributed by atoms with van der Waals surface area (Å²) in [5, 5.41) is 7.41. The minimum absolute atomic E-state index is 0.138. The Morgan fingerprint density at radius 3 is 2.61 bits per heavy atom. The van der Waals surface area contributed by atoms with Gasteiger partial charge in [0.25, 0.3) is 5.91 Å². The minimum Gasteiger partial charge on any atom is -0.451 e. The molecule has 10 heteroatoms. The van der Waals surface area contributed by atoms with Crippen LogP contribution in [-0.2, 0) is 19.6 Å². The second-order valence-corrected chi connectivity index (χ2v) is 7.58. The molecular formula is C13H11ClN2O5S2. The summed E-state index contributed by atoms with van der Waals surface area (Å²) in [6.07, 6.45) is 0.